The Morgan fingerprint density at radius 1 is 1.00 bits per heavy atom. The fourth-order valence-corrected chi connectivity index (χ4v) is 12.3. The summed E-state index contributed by atoms with van der Waals surface area (Å²) in [6, 6.07) is 3.78. The van der Waals surface area contributed by atoms with Gasteiger partial charge in [-0.05, 0) is 116 Å². The number of ether oxygens (including phenoxy) is 1. The van der Waals surface area contributed by atoms with Gasteiger partial charge >= 0.3 is 22.2 Å². The minimum atomic E-state index is -4.61. The molecule has 0 aliphatic heterocycles. The largest absolute Gasteiger partial charge is 0.508 e. The molecule has 4 saturated carbocycles. The van der Waals surface area contributed by atoms with Gasteiger partial charge in [-0.2, -0.15) is 8.42 Å². The molecule has 0 amide bonds. The van der Waals surface area contributed by atoms with Crippen molar-refractivity contribution in [3.8, 4) is 5.75 Å². The number of ketones is 1. The Hall–Kier alpha value is -3.18. The van der Waals surface area contributed by atoms with E-state index in [2.05, 4.69) is 47.6 Å². The lowest BCUT2D eigenvalue weighted by atomic mass is 9.33. The Labute approximate surface area is 296 Å². The Kier molecular flexibility index (Phi) is 8.74. The van der Waals surface area contributed by atoms with Crippen LogP contribution in [0.3, 0.4) is 0 Å². The average Bonchev–Trinajstić information content (AvgIpc) is 3.01. The molecule has 4 N–H and O–H groups in total. The lowest BCUT2D eigenvalue weighted by molar-refractivity contribution is -0.202. The second kappa shape index (κ2) is 11.9. The number of carbonyl (C=O) groups is 3. The molecule has 0 bridgehead atoms. The van der Waals surface area contributed by atoms with Gasteiger partial charge in [-0.1, -0.05) is 53.2 Å². The molecule has 6 rings (SSSR count). The van der Waals surface area contributed by atoms with Crippen molar-refractivity contribution < 1.29 is 42.3 Å². The molecule has 5 aliphatic rings. The number of nitrogens with one attached hydrogen (secondary N) is 1. The van der Waals surface area contributed by atoms with E-state index < -0.39 is 38.5 Å². The summed E-state index contributed by atoms with van der Waals surface area (Å²) in [5.74, 6) is -1.02. The molecule has 4 fully saturated rings. The van der Waals surface area contributed by atoms with Crippen LogP contribution < -0.4 is 4.72 Å². The van der Waals surface area contributed by atoms with E-state index in [0.29, 0.717) is 31.5 Å². The van der Waals surface area contributed by atoms with Gasteiger partial charge in [0.2, 0.25) is 0 Å². The summed E-state index contributed by atoms with van der Waals surface area (Å²) < 4.78 is 40.5. The molecule has 7 atom stereocenters. The zero-order valence-electron chi connectivity index (χ0n) is 30.2. The van der Waals surface area contributed by atoms with Gasteiger partial charge in [0, 0.05) is 28.9 Å². The van der Waals surface area contributed by atoms with Crippen LogP contribution in [-0.2, 0) is 29.4 Å². The number of hydrogen-bond donors (Lipinski definition) is 4. The number of rotatable bonds is 7. The lowest BCUT2D eigenvalue weighted by Crippen LogP contribution is -2.66. The number of fused-ring (bicyclic) bond motifs is 7. The lowest BCUT2D eigenvalue weighted by Gasteiger charge is -2.70. The minimum absolute atomic E-state index is 0.0307. The first-order chi connectivity index (χ1) is 23.1. The van der Waals surface area contributed by atoms with E-state index in [1.54, 1.807) is 0 Å². The number of Topliss-reactive ketones (excluding diaryl/α,β-unsaturated/α-hetero) is 1. The highest BCUT2D eigenvalue weighted by molar-refractivity contribution is 7.87. The van der Waals surface area contributed by atoms with Crippen LogP contribution in [0.4, 0.5) is 5.69 Å². The van der Waals surface area contributed by atoms with E-state index in [9.17, 15) is 37.6 Å². The number of esters is 1. The van der Waals surface area contributed by atoms with Crippen molar-refractivity contribution in [1.29, 1.82) is 0 Å². The van der Waals surface area contributed by atoms with Crippen molar-refractivity contribution in [1.82, 2.24) is 0 Å². The average molecular weight is 712 g/mol. The predicted molar refractivity (Wildman–Crippen MR) is 189 cm³/mol. The van der Waals surface area contributed by atoms with Crippen molar-refractivity contribution >= 4 is 39.8 Å². The first kappa shape index (κ1) is 36.6. The number of aliphatic carboxylic acids is 1. The van der Waals surface area contributed by atoms with Crippen molar-refractivity contribution in [2.75, 3.05) is 11.3 Å². The van der Waals surface area contributed by atoms with Gasteiger partial charge in [-0.3, -0.25) is 18.9 Å². The number of carboxylic acid groups (broad SMARTS) is 1. The second-order valence-electron chi connectivity index (χ2n) is 17.9. The first-order valence-electron chi connectivity index (χ1n) is 18.0. The quantitative estimate of drug-likeness (QED) is 0.0732. The number of allylic oxidation sites excluding steroid dienone is 1. The summed E-state index contributed by atoms with van der Waals surface area (Å²) in [6.45, 7) is 13.4. The monoisotopic (exact) mass is 711 g/mol. The van der Waals surface area contributed by atoms with E-state index in [1.807, 2.05) is 4.72 Å². The van der Waals surface area contributed by atoms with Crippen LogP contribution in [0.25, 0.3) is 6.08 Å². The van der Waals surface area contributed by atoms with Crippen LogP contribution in [0.15, 0.2) is 35.9 Å². The molecule has 274 valence electrons. The highest BCUT2D eigenvalue weighted by atomic mass is 32.2. The van der Waals surface area contributed by atoms with Crippen molar-refractivity contribution in [2.45, 2.75) is 106 Å². The van der Waals surface area contributed by atoms with Crippen molar-refractivity contribution in [3.05, 3.63) is 41.5 Å². The van der Waals surface area contributed by atoms with E-state index in [-0.39, 0.29) is 57.6 Å². The van der Waals surface area contributed by atoms with E-state index in [0.717, 1.165) is 44.1 Å². The molecule has 0 heterocycles. The van der Waals surface area contributed by atoms with Gasteiger partial charge in [0.25, 0.3) is 0 Å². The number of benzene rings is 1. The summed E-state index contributed by atoms with van der Waals surface area (Å²) in [7, 11) is -4.61. The van der Waals surface area contributed by atoms with Crippen LogP contribution in [0.1, 0.15) is 111 Å². The van der Waals surface area contributed by atoms with Gasteiger partial charge in [0.1, 0.15) is 18.1 Å². The molecule has 0 radical (unpaired) electrons. The van der Waals surface area contributed by atoms with Crippen LogP contribution in [0, 0.1) is 50.2 Å². The number of hydrogen-bond acceptors (Lipinski definition) is 7. The molecule has 0 spiro atoms. The maximum atomic E-state index is 13.5. The number of carbonyl (C=O) groups excluding carboxylic acids is 2. The molecule has 11 heteroatoms. The summed E-state index contributed by atoms with van der Waals surface area (Å²) in [6.07, 6.45) is 11.9. The first-order valence-corrected chi connectivity index (χ1v) is 19.4. The smallest absolute Gasteiger partial charge is 0.357 e. The second-order valence-corrected chi connectivity index (χ2v) is 19.0. The zero-order chi connectivity index (χ0) is 36.7. The maximum Gasteiger partial charge on any atom is 0.357 e. The number of carboxylic acids is 1. The molecule has 0 unspecified atom stereocenters. The third-order valence-electron chi connectivity index (χ3n) is 14.6. The third kappa shape index (κ3) is 5.71. The third-order valence-corrected chi connectivity index (χ3v) is 15.1. The summed E-state index contributed by atoms with van der Waals surface area (Å²) >= 11 is 0. The van der Waals surface area contributed by atoms with Crippen LogP contribution in [-0.4, -0.2) is 47.5 Å². The summed E-state index contributed by atoms with van der Waals surface area (Å²) in [4.78, 5) is 40.0. The van der Waals surface area contributed by atoms with E-state index in [4.69, 9.17) is 4.74 Å². The molecule has 1 aromatic rings. The Bertz CT molecular complexity index is 1780. The molecular weight excluding hydrogens is 658 g/mol. The van der Waals surface area contributed by atoms with Crippen LogP contribution in [0.2, 0.25) is 0 Å². The number of anilines is 1. The molecule has 0 saturated heterocycles. The maximum absolute atomic E-state index is 13.5. The normalized spacial score (nSPS) is 37.4. The minimum Gasteiger partial charge on any atom is -0.508 e. The molecule has 50 heavy (non-hydrogen) atoms. The van der Waals surface area contributed by atoms with E-state index >= 15 is 0 Å². The molecule has 10 nitrogen and oxygen atoms in total. The molecule has 5 aliphatic carbocycles. The Morgan fingerprint density at radius 3 is 2.38 bits per heavy atom. The molecule has 0 aromatic heterocycles. The number of aromatic hydroxyl groups is 1. The number of phenols is 1. The van der Waals surface area contributed by atoms with Crippen LogP contribution in [0.5, 0.6) is 5.75 Å². The predicted octanol–water partition coefficient (Wildman–Crippen LogP) is 7.60. The standard InChI is InChI=1S/C39H53NO9S/c1-34(2)17-18-38(33(44)45)19-20-39(23-49-32(43)12-7-24-21-25(41)8-10-28(24)40-50(46,47)48)26(27(38)22-34)9-11-30-36(5)15-14-31(42)35(3,4)29(36)13-16-37(30,39)6/h7-10,12,21,27,29-30,40-41H,11,13-20,22-23H2,1-6H3,(H,44,45)(H,46,47,48)/b12-7+/t27-,29-,30+,36-,37+,38-,39-/m0/s1. The van der Waals surface area contributed by atoms with Gasteiger partial charge in [-0.25, -0.2) is 4.79 Å². The molecule has 1 aromatic carbocycles. The van der Waals surface area contributed by atoms with Gasteiger partial charge < -0.3 is 14.9 Å². The highest BCUT2D eigenvalue weighted by Gasteiger charge is 2.71. The SMILES string of the molecule is CC1(C)CC[C@]2(C(=O)O)CC[C@]3(COC(=O)/C=C/c4cc(O)ccc4NS(=O)(=O)O)C(=CC[C@@H]4[C@@]5(C)CCC(=O)C(C)(C)[C@@H]5CC[C@]43C)[C@@H]2C1. The van der Waals surface area contributed by atoms with Crippen molar-refractivity contribution in [2.24, 2.45) is 50.2 Å². The fraction of sp³-hybridized carbons (Fsp3) is 0.667. The summed E-state index contributed by atoms with van der Waals surface area (Å²) in [5, 5.41) is 20.8. The Balaban J connectivity index is 1.40. The highest BCUT2D eigenvalue weighted by Crippen LogP contribution is 2.75. The van der Waals surface area contributed by atoms with Gasteiger partial charge in [0.05, 0.1) is 11.1 Å². The van der Waals surface area contributed by atoms with E-state index in [1.165, 1.54) is 30.4 Å². The summed E-state index contributed by atoms with van der Waals surface area (Å²) in [5.41, 5.74) is -1.17. The Morgan fingerprint density at radius 2 is 1.70 bits per heavy atom. The molecular formula is C39H53NO9S. The fourth-order valence-electron chi connectivity index (χ4n) is 11.9. The van der Waals surface area contributed by atoms with Gasteiger partial charge in [0.15, 0.2) is 0 Å². The van der Waals surface area contributed by atoms with Crippen molar-refractivity contribution in [3.63, 3.8) is 0 Å². The zero-order valence-corrected chi connectivity index (χ0v) is 31.0. The van der Waals surface area contributed by atoms with Gasteiger partial charge in [-0.15, -0.1) is 0 Å². The topological polar surface area (TPSA) is 167 Å². The van der Waals surface area contributed by atoms with Crippen LogP contribution >= 0.6 is 0 Å². The number of phenolic OH excluding ortho intramolecular Hbond substituents is 1.